The van der Waals surface area contributed by atoms with Gasteiger partial charge in [0.25, 0.3) is 0 Å². The van der Waals surface area contributed by atoms with E-state index in [4.69, 9.17) is 16.3 Å². The Labute approximate surface area is 191 Å². The van der Waals surface area contributed by atoms with Crippen LogP contribution < -0.4 is 4.90 Å². The minimum atomic E-state index is -0.763. The van der Waals surface area contributed by atoms with Crippen LogP contribution in [-0.2, 0) is 14.3 Å². The van der Waals surface area contributed by atoms with Gasteiger partial charge in [0.05, 0.1) is 17.9 Å². The smallest absolute Gasteiger partial charge is 0.235 e. The first kappa shape index (κ1) is 20.9. The Bertz CT molecular complexity index is 1120. The number of imide groups is 1. The third kappa shape index (κ3) is 3.17. The van der Waals surface area contributed by atoms with Gasteiger partial charge >= 0.3 is 0 Å². The van der Waals surface area contributed by atoms with Gasteiger partial charge in [-0.3, -0.25) is 19.3 Å². The van der Waals surface area contributed by atoms with Crippen molar-refractivity contribution >= 4 is 41.0 Å². The summed E-state index contributed by atoms with van der Waals surface area (Å²) < 4.78 is 5.08. The van der Waals surface area contributed by atoms with Crippen LogP contribution in [-0.4, -0.2) is 54.8 Å². The molecule has 32 heavy (non-hydrogen) atoms. The van der Waals surface area contributed by atoms with Crippen molar-refractivity contribution in [1.82, 2.24) is 4.90 Å². The second-order valence-corrected chi connectivity index (χ2v) is 8.80. The number of nitrogens with zero attached hydrogens (tertiary/aromatic N) is 2. The number of ether oxygens (including phenoxy) is 1. The number of methoxy groups -OCH3 is 1. The van der Waals surface area contributed by atoms with E-state index in [9.17, 15) is 14.4 Å². The topological polar surface area (TPSA) is 66.9 Å². The predicted octanol–water partition coefficient (Wildman–Crippen LogP) is 3.44. The van der Waals surface area contributed by atoms with Gasteiger partial charge in [0.1, 0.15) is 6.04 Å². The zero-order valence-corrected chi connectivity index (χ0v) is 18.4. The zero-order chi connectivity index (χ0) is 22.4. The molecule has 0 bridgehead atoms. The first-order valence-corrected chi connectivity index (χ1v) is 11.1. The Kier molecular flexibility index (Phi) is 5.35. The minimum absolute atomic E-state index is 0.154. The lowest BCUT2D eigenvalue weighted by Crippen LogP contribution is -2.48. The van der Waals surface area contributed by atoms with E-state index >= 15 is 0 Å². The molecule has 5 rings (SSSR count). The third-order valence-electron chi connectivity index (χ3n) is 6.62. The van der Waals surface area contributed by atoms with Crippen LogP contribution in [0, 0.1) is 11.8 Å². The van der Waals surface area contributed by atoms with Crippen LogP contribution in [0.25, 0.3) is 6.08 Å². The lowest BCUT2D eigenvalue weighted by molar-refractivity contribution is -0.140. The molecule has 164 valence electrons. The van der Waals surface area contributed by atoms with E-state index in [1.54, 1.807) is 37.4 Å². The fraction of sp³-hybridized carbons (Fsp3) is 0.320. The van der Waals surface area contributed by atoms with Crippen molar-refractivity contribution in [2.75, 3.05) is 25.2 Å². The Morgan fingerprint density at radius 2 is 1.81 bits per heavy atom. The van der Waals surface area contributed by atoms with Crippen molar-refractivity contribution in [1.29, 1.82) is 0 Å². The molecule has 0 saturated carbocycles. The number of carbonyl (C=O) groups is 3. The zero-order valence-electron chi connectivity index (χ0n) is 17.6. The molecule has 0 unspecified atom stereocenters. The number of likely N-dealkylation sites (tertiary alicyclic amines) is 1. The van der Waals surface area contributed by atoms with Crippen molar-refractivity contribution in [3.63, 3.8) is 0 Å². The first-order chi connectivity index (χ1) is 15.5. The van der Waals surface area contributed by atoms with Gasteiger partial charge in [-0.15, -0.1) is 0 Å². The highest BCUT2D eigenvalue weighted by atomic mass is 35.5. The maximum Gasteiger partial charge on any atom is 0.235 e. The van der Waals surface area contributed by atoms with Gasteiger partial charge in [0, 0.05) is 36.5 Å². The molecule has 3 aliphatic heterocycles. The van der Waals surface area contributed by atoms with Gasteiger partial charge in [0.15, 0.2) is 5.78 Å². The first-order valence-electron chi connectivity index (χ1n) is 10.7. The average molecular weight is 451 g/mol. The molecule has 6 nitrogen and oxygen atoms in total. The van der Waals surface area contributed by atoms with E-state index < -0.39 is 17.9 Å². The molecule has 2 aromatic rings. The molecule has 7 heteroatoms. The second kappa shape index (κ2) is 8.19. The number of benzene rings is 2. The normalized spacial score (nSPS) is 25.7. The number of amides is 2. The van der Waals surface area contributed by atoms with Gasteiger partial charge in [-0.25, -0.2) is 0 Å². The Balaban J connectivity index is 1.59. The summed E-state index contributed by atoms with van der Waals surface area (Å²) in [5.41, 5.74) is 2.22. The molecule has 2 amide bonds. The largest absolute Gasteiger partial charge is 0.385 e. The van der Waals surface area contributed by atoms with Crippen LogP contribution in [0.3, 0.4) is 0 Å². The summed E-state index contributed by atoms with van der Waals surface area (Å²) in [5.74, 6) is -1.96. The van der Waals surface area contributed by atoms with Crippen LogP contribution in [0.15, 0.2) is 54.6 Å². The van der Waals surface area contributed by atoms with Crippen molar-refractivity contribution in [2.45, 2.75) is 18.5 Å². The van der Waals surface area contributed by atoms with Crippen molar-refractivity contribution < 1.29 is 19.1 Å². The predicted molar refractivity (Wildman–Crippen MR) is 122 cm³/mol. The molecule has 0 aliphatic carbocycles. The van der Waals surface area contributed by atoms with E-state index in [0.717, 1.165) is 11.3 Å². The summed E-state index contributed by atoms with van der Waals surface area (Å²) >= 11 is 6.19. The van der Waals surface area contributed by atoms with Crippen LogP contribution >= 0.6 is 11.6 Å². The number of halogens is 1. The molecule has 0 aromatic heterocycles. The monoisotopic (exact) mass is 450 g/mol. The van der Waals surface area contributed by atoms with Gasteiger partial charge in [0.2, 0.25) is 11.8 Å². The van der Waals surface area contributed by atoms with Crippen molar-refractivity contribution in [3.05, 3.63) is 70.8 Å². The molecule has 2 saturated heterocycles. The van der Waals surface area contributed by atoms with Gasteiger partial charge in [-0.2, -0.15) is 0 Å². The Morgan fingerprint density at radius 3 is 2.56 bits per heavy atom. The quantitative estimate of drug-likeness (QED) is 0.383. The highest BCUT2D eigenvalue weighted by Crippen LogP contribution is 2.49. The molecule has 0 spiro atoms. The molecule has 3 aliphatic rings. The standard InChI is InChI=1S/C25H23ClN2O4/c1-32-13-5-12-27-24(30)20-19-10-8-16-14-17(26)9-11-18(16)28(19)22(21(20)25(27)31)23(29)15-6-3-2-4-7-15/h2-4,6-11,14,19-22H,5,12-13H2,1H3/t19-,20+,21-,22+/m1/s1. The van der Waals surface area contributed by atoms with Gasteiger partial charge in [-0.1, -0.05) is 54.1 Å². The van der Waals surface area contributed by atoms with E-state index in [-0.39, 0.29) is 23.6 Å². The fourth-order valence-corrected chi connectivity index (χ4v) is 5.45. The van der Waals surface area contributed by atoms with E-state index in [2.05, 4.69) is 0 Å². The third-order valence-corrected chi connectivity index (χ3v) is 6.85. The maximum absolute atomic E-state index is 13.7. The number of fused-ring (bicyclic) bond motifs is 5. The van der Waals surface area contributed by atoms with Crippen LogP contribution in [0.5, 0.6) is 0 Å². The van der Waals surface area contributed by atoms with Crippen LogP contribution in [0.4, 0.5) is 5.69 Å². The van der Waals surface area contributed by atoms with E-state index in [1.165, 1.54) is 4.90 Å². The molecular formula is C25H23ClN2O4. The lowest BCUT2D eigenvalue weighted by atomic mass is 9.86. The highest BCUT2D eigenvalue weighted by molar-refractivity contribution is 6.30. The molecule has 0 N–H and O–H groups in total. The molecule has 2 aromatic carbocycles. The van der Waals surface area contributed by atoms with Gasteiger partial charge < -0.3 is 9.64 Å². The summed E-state index contributed by atoms with van der Waals surface area (Å²) in [7, 11) is 1.59. The Morgan fingerprint density at radius 1 is 1.06 bits per heavy atom. The number of hydrogen-bond acceptors (Lipinski definition) is 5. The van der Waals surface area contributed by atoms with Gasteiger partial charge in [-0.05, 0) is 30.2 Å². The number of ketones is 1. The number of rotatable bonds is 6. The van der Waals surface area contributed by atoms with E-state index in [1.807, 2.05) is 35.3 Å². The highest BCUT2D eigenvalue weighted by Gasteiger charge is 2.63. The summed E-state index contributed by atoms with van der Waals surface area (Å²) in [4.78, 5) is 43.9. The average Bonchev–Trinajstić information content (AvgIpc) is 3.27. The molecule has 3 heterocycles. The molecule has 2 fully saturated rings. The minimum Gasteiger partial charge on any atom is -0.385 e. The fourth-order valence-electron chi connectivity index (χ4n) is 5.27. The second-order valence-electron chi connectivity index (χ2n) is 8.36. The number of anilines is 1. The summed E-state index contributed by atoms with van der Waals surface area (Å²) in [6.07, 6.45) is 4.43. The lowest BCUT2D eigenvalue weighted by Gasteiger charge is -2.36. The maximum atomic E-state index is 13.7. The molecule has 4 atom stereocenters. The SMILES string of the molecule is COCCCN1C(=O)[C@@H]2[C@@H](C1=O)[C@@H](C(=O)c1ccccc1)N1c3ccc(Cl)cc3C=C[C@H]21. The summed E-state index contributed by atoms with van der Waals surface area (Å²) in [6.45, 7) is 0.760. The summed E-state index contributed by atoms with van der Waals surface area (Å²) in [6, 6.07) is 13.3. The number of carbonyl (C=O) groups excluding carboxylic acids is 3. The van der Waals surface area contributed by atoms with Crippen molar-refractivity contribution in [2.24, 2.45) is 11.8 Å². The van der Waals surface area contributed by atoms with Crippen LogP contribution in [0.1, 0.15) is 22.3 Å². The summed E-state index contributed by atoms with van der Waals surface area (Å²) in [5, 5.41) is 0.591. The van der Waals surface area contributed by atoms with Crippen molar-refractivity contribution in [3.8, 4) is 0 Å². The Hall–Kier alpha value is -2.96. The number of hydrogen-bond donors (Lipinski definition) is 0. The molecular weight excluding hydrogens is 428 g/mol. The molecule has 0 radical (unpaired) electrons. The van der Waals surface area contributed by atoms with E-state index in [0.29, 0.717) is 30.2 Å². The number of Topliss-reactive ketones (excluding diaryl/α,β-unsaturated/α-hetero) is 1. The van der Waals surface area contributed by atoms with Crippen LogP contribution in [0.2, 0.25) is 5.02 Å².